The molecule has 0 unspecified atom stereocenters. The third kappa shape index (κ3) is 26.2. The predicted octanol–water partition coefficient (Wildman–Crippen LogP) is 10.3. The molecule has 6 aromatic carbocycles. The Morgan fingerprint density at radius 1 is 0.460 bits per heavy atom. The first-order valence-corrected chi connectivity index (χ1v) is 28.4. The smallest absolute Gasteiger partial charge is 0.410 e. The van der Waals surface area contributed by atoms with Gasteiger partial charge < -0.3 is 44.9 Å². The van der Waals surface area contributed by atoms with Crippen LogP contribution in [0.4, 0.5) is 9.59 Å². The minimum absolute atomic E-state index is 0.0612. The highest BCUT2D eigenvalue weighted by atomic mass is 16.7. The van der Waals surface area contributed by atoms with Crippen LogP contribution in [0.15, 0.2) is 158 Å². The number of methoxy groups -OCH3 is 2. The molecule has 0 aliphatic heterocycles. The second kappa shape index (κ2) is 39.2. The van der Waals surface area contributed by atoms with E-state index in [0.717, 1.165) is 35.1 Å². The lowest BCUT2D eigenvalue weighted by molar-refractivity contribution is -0.135. The first-order valence-electron chi connectivity index (χ1n) is 28.4. The third-order valence-electron chi connectivity index (χ3n) is 12.8. The number of ether oxygens (including phenoxy) is 4. The van der Waals surface area contributed by atoms with Crippen molar-refractivity contribution in [3.63, 3.8) is 0 Å². The number of unbranched alkanes of at least 4 members (excludes halogenated alkanes) is 2. The van der Waals surface area contributed by atoms with Crippen LogP contribution in [0, 0.1) is 0 Å². The number of carboxylic acids is 1. The summed E-state index contributed by atoms with van der Waals surface area (Å²) in [5, 5.41) is 12.0. The summed E-state index contributed by atoms with van der Waals surface area (Å²) in [6, 6.07) is 46.7. The Kier molecular flexibility index (Phi) is 31.6. The van der Waals surface area contributed by atoms with Gasteiger partial charge in [0.15, 0.2) is 0 Å². The number of nitrogens with two attached hydrogens (primary N) is 1. The summed E-state index contributed by atoms with van der Waals surface area (Å²) in [4.78, 5) is 111. The zero-order valence-electron chi connectivity index (χ0n) is 50.2. The fourth-order valence-electron chi connectivity index (χ4n) is 8.02. The van der Waals surface area contributed by atoms with Crippen LogP contribution in [0.3, 0.4) is 0 Å². The van der Waals surface area contributed by atoms with E-state index in [4.69, 9.17) is 29.6 Å². The van der Waals surface area contributed by atoms with Crippen molar-refractivity contribution in [1.82, 2.24) is 26.1 Å². The van der Waals surface area contributed by atoms with E-state index in [1.165, 1.54) is 31.3 Å². The highest BCUT2D eigenvalue weighted by molar-refractivity contribution is 6.05. The van der Waals surface area contributed by atoms with Crippen LogP contribution < -0.4 is 22.0 Å². The molecule has 21 nitrogen and oxygen atoms in total. The molecule has 0 atom stereocenters. The van der Waals surface area contributed by atoms with Crippen molar-refractivity contribution in [3.05, 3.63) is 213 Å². The van der Waals surface area contributed by atoms with Crippen LogP contribution in [0.25, 0.3) is 0 Å². The third-order valence-corrected chi connectivity index (χ3v) is 12.8. The van der Waals surface area contributed by atoms with Crippen molar-refractivity contribution < 1.29 is 72.1 Å². The average Bonchev–Trinajstić information content (AvgIpc) is 2.99. The second-order valence-electron chi connectivity index (χ2n) is 20.1. The second-order valence-corrected chi connectivity index (χ2v) is 20.1. The molecule has 6 aromatic rings. The van der Waals surface area contributed by atoms with Crippen molar-refractivity contribution in [2.24, 2.45) is 5.73 Å². The van der Waals surface area contributed by atoms with Gasteiger partial charge in [-0.25, -0.2) is 34.9 Å². The molecule has 0 spiro atoms. The van der Waals surface area contributed by atoms with E-state index < -0.39 is 36.0 Å². The lowest BCUT2D eigenvalue weighted by Gasteiger charge is -2.26. The Labute approximate surface area is 508 Å². The normalized spacial score (nSPS) is 10.4. The standard InChI is InChI=1S/C33H39N3O7.C21H23NO6.C12H18N2O2/c1-24(2)36(33(40)42-22-25-12-6-4-7-13-25)21-27-17-18-28(29(20-27)32(39)41-3)31(38)34-19-11-10-16-30(37)35-43-23-26-14-8-5-9-15-26;1-14(2)22(21(26)28-13-15-7-5-4-6-8-15)12-16-9-10-17(19(23)24)18(11-16)20(25)27-3;13-9-5-4-8-12(15)14-16-10-11-6-2-1-3-7-11/h4-9,12-15,17-18,20,24H,10-11,16,19,21-23H2,1-3H3,(H,34,38)(H,35,37);4-11,14H,12-13H2,1-3H3,(H,23,24);1-3,6-7H,4-5,8-10,13H2,(H,14,15). The monoisotopic (exact) mass is 1200 g/mol. The molecule has 0 radical (unpaired) electrons. The Bertz CT molecular complexity index is 3100. The van der Waals surface area contributed by atoms with E-state index in [1.54, 1.807) is 29.2 Å². The molecule has 87 heavy (non-hydrogen) atoms. The number of hydroxylamine groups is 2. The lowest BCUT2D eigenvalue weighted by atomic mass is 10.0. The zero-order chi connectivity index (χ0) is 63.3. The Balaban J connectivity index is 0.000000313. The van der Waals surface area contributed by atoms with Crippen LogP contribution in [-0.2, 0) is 77.7 Å². The van der Waals surface area contributed by atoms with E-state index >= 15 is 0 Å². The number of nitrogens with zero attached hydrogens (tertiary/aromatic N) is 2. The summed E-state index contributed by atoms with van der Waals surface area (Å²) in [5.41, 5.74) is 15.2. The van der Waals surface area contributed by atoms with Gasteiger partial charge in [-0.1, -0.05) is 133 Å². The van der Waals surface area contributed by atoms with Crippen LogP contribution in [0.5, 0.6) is 0 Å². The van der Waals surface area contributed by atoms with Crippen molar-refractivity contribution in [2.75, 3.05) is 27.3 Å². The molecule has 6 N–H and O–H groups in total. The highest BCUT2D eigenvalue weighted by Crippen LogP contribution is 2.20. The number of benzene rings is 6. The Hall–Kier alpha value is -9.44. The molecule has 0 heterocycles. The largest absolute Gasteiger partial charge is 0.478 e. The van der Waals surface area contributed by atoms with Crippen molar-refractivity contribution in [3.8, 4) is 0 Å². The van der Waals surface area contributed by atoms with Crippen molar-refractivity contribution in [1.29, 1.82) is 0 Å². The van der Waals surface area contributed by atoms with Gasteiger partial charge in [0, 0.05) is 44.6 Å². The van der Waals surface area contributed by atoms with Crippen LogP contribution >= 0.6 is 0 Å². The van der Waals surface area contributed by atoms with Gasteiger partial charge in [-0.3, -0.25) is 24.1 Å². The topological polar surface area (TPSA) is 281 Å². The van der Waals surface area contributed by atoms with Crippen molar-refractivity contribution in [2.45, 2.75) is 118 Å². The number of amides is 5. The first kappa shape index (κ1) is 70.0. The molecule has 0 saturated carbocycles. The number of carbonyl (C=O) groups is 8. The van der Waals surface area contributed by atoms with Gasteiger partial charge in [0.2, 0.25) is 11.8 Å². The molecule has 0 fully saturated rings. The lowest BCUT2D eigenvalue weighted by Crippen LogP contribution is -2.37. The number of esters is 2. The van der Waals surface area contributed by atoms with Gasteiger partial charge in [0.05, 0.1) is 49.7 Å². The predicted molar refractivity (Wildman–Crippen MR) is 325 cm³/mol. The van der Waals surface area contributed by atoms with E-state index in [-0.39, 0.29) is 85.5 Å². The number of carbonyl (C=O) groups excluding carboxylic acids is 7. The molecule has 0 aliphatic rings. The van der Waals surface area contributed by atoms with E-state index in [0.29, 0.717) is 50.1 Å². The summed E-state index contributed by atoms with van der Waals surface area (Å²) in [6.07, 6.45) is 2.48. The quantitative estimate of drug-likeness (QED) is 0.0126. The fraction of sp³-hybridized carbons (Fsp3) is 0.333. The van der Waals surface area contributed by atoms with Gasteiger partial charge in [-0.05, 0) is 118 Å². The van der Waals surface area contributed by atoms with Gasteiger partial charge in [-0.2, -0.15) is 0 Å². The number of nitrogens with one attached hydrogen (secondary N) is 3. The number of carboxylic acid groups (broad SMARTS) is 1. The summed E-state index contributed by atoms with van der Waals surface area (Å²) in [7, 11) is 2.43. The minimum atomic E-state index is -1.23. The molecule has 0 aromatic heterocycles. The van der Waals surface area contributed by atoms with Crippen LogP contribution in [0.2, 0.25) is 0 Å². The fourth-order valence-corrected chi connectivity index (χ4v) is 8.02. The van der Waals surface area contributed by atoms with Gasteiger partial charge in [0.1, 0.15) is 13.2 Å². The summed E-state index contributed by atoms with van der Waals surface area (Å²) in [5.74, 6) is -3.42. The molecular formula is C66H80N6O15. The summed E-state index contributed by atoms with van der Waals surface area (Å²) >= 11 is 0. The van der Waals surface area contributed by atoms with Crippen LogP contribution in [0.1, 0.15) is 141 Å². The first-order chi connectivity index (χ1) is 41.9. The Morgan fingerprint density at radius 2 is 0.828 bits per heavy atom. The number of aromatic carboxylic acids is 1. The van der Waals surface area contributed by atoms with E-state index in [2.05, 4.69) is 21.0 Å². The number of hydrogen-bond donors (Lipinski definition) is 5. The van der Waals surface area contributed by atoms with Gasteiger partial charge in [-0.15, -0.1) is 0 Å². The zero-order valence-corrected chi connectivity index (χ0v) is 50.2. The number of hydrogen-bond acceptors (Lipinski definition) is 15. The summed E-state index contributed by atoms with van der Waals surface area (Å²) in [6.45, 7) is 9.66. The molecule has 6 rings (SSSR count). The Morgan fingerprint density at radius 3 is 1.20 bits per heavy atom. The maximum Gasteiger partial charge on any atom is 0.410 e. The number of rotatable bonds is 29. The SMILES string of the molecule is COC(=O)c1cc(CN(C(=O)OCc2ccccc2)C(C)C)ccc1C(=O)NCCCCC(=O)NOCc1ccccc1.COC(=O)c1cc(CN(C(=O)OCc2ccccc2)C(C)C)ccc1C(=O)O.NCCCCC(=O)NOCc1ccccc1. The molecular weight excluding hydrogens is 1120 g/mol. The van der Waals surface area contributed by atoms with Crippen LogP contribution in [-0.4, -0.2) is 102 Å². The van der Waals surface area contributed by atoms with Gasteiger partial charge >= 0.3 is 30.1 Å². The summed E-state index contributed by atoms with van der Waals surface area (Å²) < 4.78 is 20.5. The molecule has 21 heteroatoms. The minimum Gasteiger partial charge on any atom is -0.478 e. The highest BCUT2D eigenvalue weighted by Gasteiger charge is 2.25. The molecule has 0 saturated heterocycles. The molecule has 0 bridgehead atoms. The van der Waals surface area contributed by atoms with Crippen molar-refractivity contribution >= 4 is 47.8 Å². The maximum atomic E-state index is 12.9. The maximum absolute atomic E-state index is 12.9. The molecule has 464 valence electrons. The average molecular weight is 1200 g/mol. The molecule has 5 amide bonds. The van der Waals surface area contributed by atoms with E-state index in [1.807, 2.05) is 149 Å². The van der Waals surface area contributed by atoms with Gasteiger partial charge in [0.25, 0.3) is 5.91 Å². The molecule has 0 aliphatic carbocycles. The van der Waals surface area contributed by atoms with E-state index in [9.17, 15) is 43.5 Å².